The van der Waals surface area contributed by atoms with Crippen molar-refractivity contribution >= 4 is 18.3 Å². The van der Waals surface area contributed by atoms with Gasteiger partial charge in [-0.05, 0) is 13.3 Å². The fraction of sp³-hybridized carbons (Fsp3) is 0.917. The lowest BCUT2D eigenvalue weighted by molar-refractivity contribution is -0.136. The largest absolute Gasteiger partial charge is 0.381 e. The third-order valence-electron chi connectivity index (χ3n) is 3.98. The Hall–Kier alpha value is -0.320. The van der Waals surface area contributed by atoms with Crippen molar-refractivity contribution in [3.05, 3.63) is 0 Å². The van der Waals surface area contributed by atoms with E-state index in [4.69, 9.17) is 10.5 Å². The SMILES string of the molecule is COC1CC(NC(=O)C(C)C(C)N)C1(C)C.Cl. The highest BCUT2D eigenvalue weighted by Crippen LogP contribution is 2.42. The summed E-state index contributed by atoms with van der Waals surface area (Å²) in [5.74, 6) is -0.0972. The number of carbonyl (C=O) groups is 1. The predicted octanol–water partition coefficient (Wildman–Crippen LogP) is 1.32. The lowest BCUT2D eigenvalue weighted by atomic mass is 9.64. The molecule has 0 spiro atoms. The van der Waals surface area contributed by atoms with E-state index in [-0.39, 0.29) is 47.8 Å². The van der Waals surface area contributed by atoms with E-state index in [1.54, 1.807) is 7.11 Å². The molecular weight excluding hydrogens is 240 g/mol. The fourth-order valence-corrected chi connectivity index (χ4v) is 2.07. The summed E-state index contributed by atoms with van der Waals surface area (Å²) in [4.78, 5) is 11.8. The summed E-state index contributed by atoms with van der Waals surface area (Å²) >= 11 is 0. The lowest BCUT2D eigenvalue weighted by Crippen LogP contribution is -2.62. The van der Waals surface area contributed by atoms with Gasteiger partial charge in [0.15, 0.2) is 0 Å². The average molecular weight is 265 g/mol. The highest BCUT2D eigenvalue weighted by atomic mass is 35.5. The number of rotatable bonds is 4. The number of amides is 1. The Morgan fingerprint density at radius 3 is 2.35 bits per heavy atom. The fourth-order valence-electron chi connectivity index (χ4n) is 2.07. The van der Waals surface area contributed by atoms with Crippen molar-refractivity contribution in [2.24, 2.45) is 17.1 Å². The van der Waals surface area contributed by atoms with Crippen molar-refractivity contribution in [2.45, 2.75) is 52.3 Å². The maximum absolute atomic E-state index is 11.8. The second kappa shape index (κ2) is 6.03. The molecule has 102 valence electrons. The van der Waals surface area contributed by atoms with Crippen molar-refractivity contribution < 1.29 is 9.53 Å². The quantitative estimate of drug-likeness (QED) is 0.805. The lowest BCUT2D eigenvalue weighted by Gasteiger charge is -2.51. The summed E-state index contributed by atoms with van der Waals surface area (Å²) in [7, 11) is 1.72. The minimum atomic E-state index is -0.141. The number of carbonyl (C=O) groups excluding carboxylic acids is 1. The molecule has 0 aromatic carbocycles. The third kappa shape index (κ3) is 3.33. The number of nitrogens with two attached hydrogens (primary N) is 1. The zero-order chi connectivity index (χ0) is 12.5. The van der Waals surface area contributed by atoms with Crippen LogP contribution >= 0.6 is 12.4 Å². The van der Waals surface area contributed by atoms with E-state index < -0.39 is 0 Å². The van der Waals surface area contributed by atoms with E-state index in [1.807, 2.05) is 13.8 Å². The van der Waals surface area contributed by atoms with Crippen molar-refractivity contribution in [1.82, 2.24) is 5.32 Å². The minimum absolute atomic E-state index is 0. The Labute approximate surface area is 110 Å². The molecule has 17 heavy (non-hydrogen) atoms. The molecule has 3 N–H and O–H groups in total. The van der Waals surface area contributed by atoms with E-state index >= 15 is 0 Å². The van der Waals surface area contributed by atoms with Gasteiger partial charge in [0.2, 0.25) is 5.91 Å². The van der Waals surface area contributed by atoms with E-state index in [9.17, 15) is 4.79 Å². The van der Waals surface area contributed by atoms with Gasteiger partial charge in [-0.3, -0.25) is 4.79 Å². The Morgan fingerprint density at radius 2 is 2.00 bits per heavy atom. The summed E-state index contributed by atoms with van der Waals surface area (Å²) in [6.07, 6.45) is 1.13. The molecule has 1 aliphatic carbocycles. The molecule has 0 bridgehead atoms. The minimum Gasteiger partial charge on any atom is -0.381 e. The number of hydrogen-bond donors (Lipinski definition) is 2. The standard InChI is InChI=1S/C12H24N2O2.ClH/c1-7(8(2)13)11(15)14-9-6-10(16-5)12(9,3)4;/h7-10H,6,13H2,1-5H3,(H,14,15);1H. The van der Waals surface area contributed by atoms with Crippen LogP contribution in [0.25, 0.3) is 0 Å². The Bertz CT molecular complexity index is 269. The van der Waals surface area contributed by atoms with Crippen molar-refractivity contribution in [3.8, 4) is 0 Å². The van der Waals surface area contributed by atoms with Gasteiger partial charge in [-0.1, -0.05) is 20.8 Å². The van der Waals surface area contributed by atoms with Crippen molar-refractivity contribution in [2.75, 3.05) is 7.11 Å². The molecular formula is C12H25ClN2O2. The van der Waals surface area contributed by atoms with Gasteiger partial charge in [0.05, 0.1) is 6.10 Å². The van der Waals surface area contributed by atoms with Gasteiger partial charge >= 0.3 is 0 Å². The summed E-state index contributed by atoms with van der Waals surface area (Å²) < 4.78 is 5.35. The van der Waals surface area contributed by atoms with Crippen LogP contribution in [0.1, 0.15) is 34.1 Å². The first-order valence-corrected chi connectivity index (χ1v) is 5.89. The van der Waals surface area contributed by atoms with Crippen LogP contribution in [0.5, 0.6) is 0 Å². The molecule has 0 aromatic heterocycles. The highest BCUT2D eigenvalue weighted by molar-refractivity contribution is 5.85. The molecule has 1 aliphatic rings. The first-order chi connectivity index (χ1) is 7.30. The summed E-state index contributed by atoms with van der Waals surface area (Å²) in [5.41, 5.74) is 5.72. The van der Waals surface area contributed by atoms with E-state index in [1.165, 1.54) is 0 Å². The van der Waals surface area contributed by atoms with Gasteiger partial charge in [-0.2, -0.15) is 0 Å². The molecule has 4 nitrogen and oxygen atoms in total. The zero-order valence-corrected chi connectivity index (χ0v) is 12.1. The maximum Gasteiger partial charge on any atom is 0.224 e. The number of halogens is 1. The molecule has 0 saturated heterocycles. The summed E-state index contributed by atoms with van der Waals surface area (Å²) in [5, 5.41) is 3.05. The van der Waals surface area contributed by atoms with E-state index in [2.05, 4.69) is 19.2 Å². The van der Waals surface area contributed by atoms with Crippen LogP contribution in [0.3, 0.4) is 0 Å². The second-order valence-electron chi connectivity index (χ2n) is 5.49. The van der Waals surface area contributed by atoms with Crippen LogP contribution in [0.15, 0.2) is 0 Å². The van der Waals surface area contributed by atoms with Crippen LogP contribution in [-0.2, 0) is 9.53 Å². The third-order valence-corrected chi connectivity index (χ3v) is 3.98. The molecule has 0 aliphatic heterocycles. The van der Waals surface area contributed by atoms with Crippen LogP contribution < -0.4 is 11.1 Å². The molecule has 0 heterocycles. The van der Waals surface area contributed by atoms with Crippen molar-refractivity contribution in [3.63, 3.8) is 0 Å². The molecule has 1 fully saturated rings. The molecule has 1 saturated carbocycles. The van der Waals surface area contributed by atoms with Gasteiger partial charge in [-0.25, -0.2) is 0 Å². The molecule has 1 rings (SSSR count). The maximum atomic E-state index is 11.8. The molecule has 4 unspecified atom stereocenters. The van der Waals surface area contributed by atoms with E-state index in [0.717, 1.165) is 6.42 Å². The molecule has 5 heteroatoms. The van der Waals surface area contributed by atoms with Gasteiger partial charge in [-0.15, -0.1) is 12.4 Å². The molecule has 0 radical (unpaired) electrons. The first-order valence-electron chi connectivity index (χ1n) is 5.89. The summed E-state index contributed by atoms with van der Waals surface area (Å²) in [6, 6.07) is 0.0903. The Balaban J connectivity index is 0.00000256. The summed E-state index contributed by atoms with van der Waals surface area (Å²) in [6.45, 7) is 7.95. The van der Waals surface area contributed by atoms with Crippen molar-refractivity contribution in [1.29, 1.82) is 0 Å². The molecule has 1 amide bonds. The second-order valence-corrected chi connectivity index (χ2v) is 5.49. The van der Waals surface area contributed by atoms with E-state index in [0.29, 0.717) is 0 Å². The Kier molecular flexibility index (Phi) is 5.91. The Morgan fingerprint density at radius 1 is 1.47 bits per heavy atom. The van der Waals surface area contributed by atoms with Crippen LogP contribution in [-0.4, -0.2) is 31.2 Å². The number of hydrogen-bond acceptors (Lipinski definition) is 3. The van der Waals surface area contributed by atoms with Crippen LogP contribution in [0.2, 0.25) is 0 Å². The number of methoxy groups -OCH3 is 1. The number of ether oxygens (including phenoxy) is 1. The topological polar surface area (TPSA) is 64.3 Å². The van der Waals surface area contributed by atoms with Crippen LogP contribution in [0, 0.1) is 11.3 Å². The van der Waals surface area contributed by atoms with Gasteiger partial charge < -0.3 is 15.8 Å². The monoisotopic (exact) mass is 264 g/mol. The number of nitrogens with one attached hydrogen (secondary N) is 1. The van der Waals surface area contributed by atoms with Gasteiger partial charge in [0.25, 0.3) is 0 Å². The van der Waals surface area contributed by atoms with Crippen LogP contribution in [0.4, 0.5) is 0 Å². The average Bonchev–Trinajstić information content (AvgIpc) is 2.21. The smallest absolute Gasteiger partial charge is 0.224 e. The zero-order valence-electron chi connectivity index (χ0n) is 11.3. The highest BCUT2D eigenvalue weighted by Gasteiger charge is 2.49. The molecule has 0 aromatic rings. The van der Waals surface area contributed by atoms with Gasteiger partial charge in [0, 0.05) is 30.5 Å². The molecule has 4 atom stereocenters. The van der Waals surface area contributed by atoms with Gasteiger partial charge in [0.1, 0.15) is 0 Å². The normalized spacial score (nSPS) is 29.5. The predicted molar refractivity (Wildman–Crippen MR) is 71.2 cm³/mol. The first kappa shape index (κ1) is 16.7.